The van der Waals surface area contributed by atoms with Crippen molar-refractivity contribution in [2.24, 2.45) is 17.8 Å². The van der Waals surface area contributed by atoms with E-state index in [9.17, 15) is 0 Å². The first-order valence-electron chi connectivity index (χ1n) is 9.21. The van der Waals surface area contributed by atoms with Crippen molar-refractivity contribution in [2.45, 2.75) is 58.8 Å². The SMILES string of the molecule is CCCC1CCC(C2C=CC(c3ccc(C)cc3)=CC2)CC1. The predicted molar refractivity (Wildman–Crippen MR) is 96.8 cm³/mol. The Morgan fingerprint density at radius 2 is 1.73 bits per heavy atom. The molecule has 0 aliphatic heterocycles. The fourth-order valence-corrected chi connectivity index (χ4v) is 4.26. The van der Waals surface area contributed by atoms with E-state index in [0.717, 1.165) is 17.8 Å². The molecular weight excluding hydrogens is 264 g/mol. The minimum atomic E-state index is 0.789. The molecule has 2 aliphatic rings. The van der Waals surface area contributed by atoms with Crippen molar-refractivity contribution < 1.29 is 0 Å². The Morgan fingerprint density at radius 3 is 2.32 bits per heavy atom. The van der Waals surface area contributed by atoms with Gasteiger partial charge >= 0.3 is 0 Å². The van der Waals surface area contributed by atoms with Gasteiger partial charge in [-0.05, 0) is 55.1 Å². The zero-order chi connectivity index (χ0) is 15.4. The van der Waals surface area contributed by atoms with Crippen LogP contribution in [0.2, 0.25) is 0 Å². The van der Waals surface area contributed by atoms with Crippen LogP contribution in [0.3, 0.4) is 0 Å². The lowest BCUT2D eigenvalue weighted by Gasteiger charge is -2.33. The lowest BCUT2D eigenvalue weighted by molar-refractivity contribution is 0.221. The fourth-order valence-electron chi connectivity index (χ4n) is 4.26. The fraction of sp³-hybridized carbons (Fsp3) is 0.545. The van der Waals surface area contributed by atoms with Crippen molar-refractivity contribution in [1.29, 1.82) is 0 Å². The molecule has 1 aromatic carbocycles. The highest BCUT2D eigenvalue weighted by Crippen LogP contribution is 2.39. The molecule has 118 valence electrons. The Kier molecular flexibility index (Phi) is 5.18. The van der Waals surface area contributed by atoms with Gasteiger partial charge in [0.25, 0.3) is 0 Å². The summed E-state index contributed by atoms with van der Waals surface area (Å²) in [7, 11) is 0. The van der Waals surface area contributed by atoms with E-state index >= 15 is 0 Å². The second-order valence-corrected chi connectivity index (χ2v) is 7.35. The van der Waals surface area contributed by atoms with Crippen LogP contribution in [0.25, 0.3) is 5.57 Å². The van der Waals surface area contributed by atoms with Crippen molar-refractivity contribution in [1.82, 2.24) is 0 Å². The first-order valence-corrected chi connectivity index (χ1v) is 9.21. The summed E-state index contributed by atoms with van der Waals surface area (Å²) in [6, 6.07) is 8.93. The van der Waals surface area contributed by atoms with Gasteiger partial charge in [0, 0.05) is 0 Å². The normalized spacial score (nSPS) is 28.5. The molecule has 22 heavy (non-hydrogen) atoms. The van der Waals surface area contributed by atoms with Gasteiger partial charge in [0.15, 0.2) is 0 Å². The van der Waals surface area contributed by atoms with Crippen LogP contribution in [0.4, 0.5) is 0 Å². The number of allylic oxidation sites excluding steroid dienone is 4. The quantitative estimate of drug-likeness (QED) is 0.589. The largest absolute Gasteiger partial charge is 0.0802 e. The Balaban J connectivity index is 1.56. The summed E-state index contributed by atoms with van der Waals surface area (Å²) in [5.74, 6) is 2.74. The highest BCUT2D eigenvalue weighted by Gasteiger charge is 2.26. The Hall–Kier alpha value is -1.30. The second-order valence-electron chi connectivity index (χ2n) is 7.35. The number of hydrogen-bond acceptors (Lipinski definition) is 0. The molecule has 3 rings (SSSR count). The van der Waals surface area contributed by atoms with E-state index in [1.54, 1.807) is 0 Å². The van der Waals surface area contributed by atoms with E-state index < -0.39 is 0 Å². The van der Waals surface area contributed by atoms with Crippen molar-refractivity contribution in [3.05, 3.63) is 53.6 Å². The van der Waals surface area contributed by atoms with Crippen LogP contribution in [0.15, 0.2) is 42.5 Å². The van der Waals surface area contributed by atoms with Gasteiger partial charge in [0.1, 0.15) is 0 Å². The van der Waals surface area contributed by atoms with Crippen LogP contribution in [0.1, 0.15) is 63.0 Å². The molecule has 0 aromatic heterocycles. The van der Waals surface area contributed by atoms with Gasteiger partial charge in [0.05, 0.1) is 0 Å². The molecule has 0 radical (unpaired) electrons. The van der Waals surface area contributed by atoms with Crippen molar-refractivity contribution in [3.63, 3.8) is 0 Å². The summed E-state index contributed by atoms with van der Waals surface area (Å²) in [5.41, 5.74) is 4.12. The molecule has 0 nitrogen and oxygen atoms in total. The predicted octanol–water partition coefficient (Wildman–Crippen LogP) is 6.56. The minimum Gasteiger partial charge on any atom is -0.0802 e. The van der Waals surface area contributed by atoms with E-state index in [0.29, 0.717) is 0 Å². The standard InChI is InChI=1S/C22H30/c1-3-4-18-7-11-20(12-8-18)22-15-13-21(14-16-22)19-9-5-17(2)6-10-19/h5-6,9-10,13-15,18,20,22H,3-4,7-8,11-12,16H2,1-2H3. The van der Waals surface area contributed by atoms with E-state index in [4.69, 9.17) is 0 Å². The van der Waals surface area contributed by atoms with Crippen LogP contribution in [0, 0.1) is 24.7 Å². The third-order valence-electron chi connectivity index (χ3n) is 5.71. The molecule has 1 atom stereocenters. The summed E-state index contributed by atoms with van der Waals surface area (Å²) in [6.45, 7) is 4.48. The molecular formula is C22H30. The summed E-state index contributed by atoms with van der Waals surface area (Å²) >= 11 is 0. The molecule has 0 spiro atoms. The number of rotatable bonds is 4. The van der Waals surface area contributed by atoms with Crippen LogP contribution in [-0.4, -0.2) is 0 Å². The Labute approximate surface area is 136 Å². The molecule has 0 N–H and O–H groups in total. The van der Waals surface area contributed by atoms with Crippen LogP contribution in [-0.2, 0) is 0 Å². The van der Waals surface area contributed by atoms with Gasteiger partial charge < -0.3 is 0 Å². The maximum atomic E-state index is 2.50. The van der Waals surface area contributed by atoms with Crippen LogP contribution < -0.4 is 0 Å². The van der Waals surface area contributed by atoms with Crippen molar-refractivity contribution >= 4 is 5.57 Å². The summed E-state index contributed by atoms with van der Waals surface area (Å²) in [5, 5.41) is 0. The highest BCUT2D eigenvalue weighted by molar-refractivity contribution is 5.75. The van der Waals surface area contributed by atoms with Gasteiger partial charge in [-0.2, -0.15) is 0 Å². The highest BCUT2D eigenvalue weighted by atomic mass is 14.3. The average molecular weight is 294 g/mol. The summed E-state index contributed by atoms with van der Waals surface area (Å²) in [4.78, 5) is 0. The van der Waals surface area contributed by atoms with Crippen LogP contribution >= 0.6 is 0 Å². The Morgan fingerprint density at radius 1 is 1.00 bits per heavy atom. The molecule has 0 bridgehead atoms. The van der Waals surface area contributed by atoms with Gasteiger partial charge in [-0.15, -0.1) is 0 Å². The van der Waals surface area contributed by atoms with Gasteiger partial charge in [-0.25, -0.2) is 0 Å². The third kappa shape index (κ3) is 3.72. The number of hydrogen-bond donors (Lipinski definition) is 0. The molecule has 1 aromatic rings. The van der Waals surface area contributed by atoms with Gasteiger partial charge in [-0.3, -0.25) is 0 Å². The topological polar surface area (TPSA) is 0 Å². The Bertz CT molecular complexity index is 524. The molecule has 0 heterocycles. The monoisotopic (exact) mass is 294 g/mol. The molecule has 0 saturated heterocycles. The van der Waals surface area contributed by atoms with E-state index in [1.807, 2.05) is 0 Å². The number of aryl methyl sites for hydroxylation is 1. The van der Waals surface area contributed by atoms with Crippen molar-refractivity contribution in [3.8, 4) is 0 Å². The lowest BCUT2D eigenvalue weighted by Crippen LogP contribution is -2.21. The summed E-state index contributed by atoms with van der Waals surface area (Å²) < 4.78 is 0. The lowest BCUT2D eigenvalue weighted by atomic mass is 9.72. The third-order valence-corrected chi connectivity index (χ3v) is 5.71. The maximum absolute atomic E-state index is 2.50. The number of benzene rings is 1. The smallest absolute Gasteiger partial charge is 0.0167 e. The molecule has 1 saturated carbocycles. The van der Waals surface area contributed by atoms with Crippen molar-refractivity contribution in [2.75, 3.05) is 0 Å². The zero-order valence-corrected chi connectivity index (χ0v) is 14.2. The van der Waals surface area contributed by atoms with E-state index in [1.165, 1.54) is 61.6 Å². The average Bonchev–Trinajstić information content (AvgIpc) is 2.57. The summed E-state index contributed by atoms with van der Waals surface area (Å²) in [6.07, 6.45) is 17.2. The van der Waals surface area contributed by atoms with E-state index in [-0.39, 0.29) is 0 Å². The molecule has 1 unspecified atom stereocenters. The molecule has 0 amide bonds. The first-order chi connectivity index (χ1) is 10.8. The first kappa shape index (κ1) is 15.6. The zero-order valence-electron chi connectivity index (χ0n) is 14.2. The maximum Gasteiger partial charge on any atom is -0.0167 e. The van der Waals surface area contributed by atoms with E-state index in [2.05, 4.69) is 56.3 Å². The molecule has 2 aliphatic carbocycles. The van der Waals surface area contributed by atoms with Crippen LogP contribution in [0.5, 0.6) is 0 Å². The van der Waals surface area contributed by atoms with Gasteiger partial charge in [-0.1, -0.05) is 80.7 Å². The van der Waals surface area contributed by atoms with Gasteiger partial charge in [0.2, 0.25) is 0 Å². The molecule has 0 heteroatoms. The molecule has 1 fully saturated rings. The second kappa shape index (κ2) is 7.31. The minimum absolute atomic E-state index is 0.789.